The number of nitrogens with zero attached hydrogens (tertiary/aromatic N) is 3. The molecular formula is C22H23N3O3. The lowest BCUT2D eigenvalue weighted by Crippen LogP contribution is -2.44. The van der Waals surface area contributed by atoms with Gasteiger partial charge in [0.15, 0.2) is 0 Å². The van der Waals surface area contributed by atoms with Crippen molar-refractivity contribution < 1.29 is 14.3 Å². The molecule has 3 fully saturated rings. The molecule has 2 amide bonds. The summed E-state index contributed by atoms with van der Waals surface area (Å²) >= 11 is 0. The van der Waals surface area contributed by atoms with Crippen molar-refractivity contribution in [3.63, 3.8) is 0 Å². The van der Waals surface area contributed by atoms with E-state index in [2.05, 4.69) is 10.0 Å². The van der Waals surface area contributed by atoms with Gasteiger partial charge in [0.05, 0.1) is 24.8 Å². The first kappa shape index (κ1) is 17.4. The van der Waals surface area contributed by atoms with E-state index in [-0.39, 0.29) is 23.8 Å². The molecule has 0 unspecified atom stereocenters. The van der Waals surface area contributed by atoms with Gasteiger partial charge in [-0.15, -0.1) is 0 Å². The number of benzene rings is 2. The van der Waals surface area contributed by atoms with Crippen molar-refractivity contribution in [2.45, 2.75) is 25.4 Å². The highest BCUT2D eigenvalue weighted by atomic mass is 16.5. The van der Waals surface area contributed by atoms with Gasteiger partial charge in [-0.1, -0.05) is 29.8 Å². The first-order valence-electron chi connectivity index (χ1n) is 9.72. The maximum absolute atomic E-state index is 13.4. The number of anilines is 1. The zero-order valence-electron chi connectivity index (χ0n) is 16.0. The van der Waals surface area contributed by atoms with Gasteiger partial charge in [-0.2, -0.15) is 0 Å². The number of methoxy groups -OCH3 is 1. The highest BCUT2D eigenvalue weighted by Crippen LogP contribution is 2.49. The number of carbonyl (C=O) groups is 2. The molecule has 3 heterocycles. The van der Waals surface area contributed by atoms with Crippen molar-refractivity contribution in [1.29, 1.82) is 0 Å². The van der Waals surface area contributed by atoms with Crippen LogP contribution in [0.2, 0.25) is 0 Å². The maximum atomic E-state index is 13.4. The predicted molar refractivity (Wildman–Crippen MR) is 105 cm³/mol. The Labute approximate surface area is 164 Å². The Morgan fingerprint density at radius 3 is 2.14 bits per heavy atom. The van der Waals surface area contributed by atoms with Gasteiger partial charge in [0.2, 0.25) is 5.91 Å². The van der Waals surface area contributed by atoms with E-state index in [4.69, 9.17) is 4.74 Å². The molecule has 0 spiro atoms. The zero-order valence-corrected chi connectivity index (χ0v) is 16.0. The summed E-state index contributed by atoms with van der Waals surface area (Å²) in [6, 6.07) is 14.9. The molecule has 0 aliphatic carbocycles. The molecule has 2 aromatic rings. The van der Waals surface area contributed by atoms with Crippen LogP contribution in [-0.2, 0) is 9.59 Å². The number of hydrogen-bond donors (Lipinski definition) is 0. The Morgan fingerprint density at radius 1 is 0.857 bits per heavy atom. The average molecular weight is 377 g/mol. The second kappa shape index (κ2) is 6.43. The molecule has 0 bridgehead atoms. The number of rotatable bonds is 3. The second-order valence-corrected chi connectivity index (χ2v) is 7.72. The average Bonchev–Trinajstić information content (AvgIpc) is 3.35. The van der Waals surface area contributed by atoms with Gasteiger partial charge in [-0.3, -0.25) is 9.59 Å². The van der Waals surface area contributed by atoms with Crippen LogP contribution < -0.4 is 9.64 Å². The Balaban J connectivity index is 1.55. The molecule has 3 saturated heterocycles. The number of imide groups is 1. The standard InChI is InChI=1S/C22H23N3O3/c1-14-4-8-16(9-5-14)25-21(26)18-19(15-6-10-17(28-2)11-7-15)23-12-3-13-24(23)20(18)22(25)27/h4-11,18-20H,3,12-13H2,1-2H3/t18-,19-,20-/m0/s1. The number of carbonyl (C=O) groups excluding carboxylic acids is 2. The second-order valence-electron chi connectivity index (χ2n) is 7.72. The zero-order chi connectivity index (χ0) is 19.4. The van der Waals surface area contributed by atoms with Gasteiger partial charge in [0, 0.05) is 13.1 Å². The molecule has 144 valence electrons. The van der Waals surface area contributed by atoms with Crippen molar-refractivity contribution in [2.75, 3.05) is 25.1 Å². The fraction of sp³-hybridized carbons (Fsp3) is 0.364. The smallest absolute Gasteiger partial charge is 0.253 e. The normalized spacial score (nSPS) is 27.4. The summed E-state index contributed by atoms with van der Waals surface area (Å²) < 4.78 is 5.27. The molecule has 0 saturated carbocycles. The molecule has 3 atom stereocenters. The number of ether oxygens (including phenoxy) is 1. The Hall–Kier alpha value is -2.70. The molecule has 0 N–H and O–H groups in total. The molecule has 0 radical (unpaired) electrons. The molecule has 0 aromatic heterocycles. The van der Waals surface area contributed by atoms with Crippen molar-refractivity contribution in [1.82, 2.24) is 10.0 Å². The number of aryl methyl sites for hydroxylation is 1. The minimum Gasteiger partial charge on any atom is -0.497 e. The van der Waals surface area contributed by atoms with E-state index in [0.29, 0.717) is 5.69 Å². The predicted octanol–water partition coefficient (Wildman–Crippen LogP) is 2.54. The summed E-state index contributed by atoms with van der Waals surface area (Å²) in [6.45, 7) is 3.68. The van der Waals surface area contributed by atoms with Gasteiger partial charge in [0.25, 0.3) is 5.91 Å². The Morgan fingerprint density at radius 2 is 1.50 bits per heavy atom. The molecule has 6 nitrogen and oxygen atoms in total. The fourth-order valence-corrected chi connectivity index (χ4v) is 4.86. The van der Waals surface area contributed by atoms with Gasteiger partial charge >= 0.3 is 0 Å². The SMILES string of the molecule is COc1ccc([C@H]2[C@@H]3C(=O)N(c4ccc(C)cc4)C(=O)[C@H]3N3CCCN23)cc1. The van der Waals surface area contributed by atoms with E-state index in [1.54, 1.807) is 7.11 Å². The first-order valence-corrected chi connectivity index (χ1v) is 9.72. The Bertz CT molecular complexity index is 925. The number of amides is 2. The third-order valence-electron chi connectivity index (χ3n) is 6.16. The van der Waals surface area contributed by atoms with Crippen molar-refractivity contribution in [2.24, 2.45) is 5.92 Å². The van der Waals surface area contributed by atoms with Crippen LogP contribution in [0.3, 0.4) is 0 Å². The quantitative estimate of drug-likeness (QED) is 0.770. The summed E-state index contributed by atoms with van der Waals surface area (Å²) in [7, 11) is 1.64. The minimum atomic E-state index is -0.414. The monoisotopic (exact) mass is 377 g/mol. The van der Waals surface area contributed by atoms with E-state index in [0.717, 1.165) is 36.4 Å². The molecule has 3 aliphatic rings. The summed E-state index contributed by atoms with van der Waals surface area (Å²) in [4.78, 5) is 28.2. The van der Waals surface area contributed by atoms with Crippen LogP contribution in [0.25, 0.3) is 0 Å². The first-order chi connectivity index (χ1) is 13.6. The maximum Gasteiger partial charge on any atom is 0.253 e. The van der Waals surface area contributed by atoms with Gasteiger partial charge in [-0.05, 0) is 43.2 Å². The van der Waals surface area contributed by atoms with Gasteiger partial charge in [0.1, 0.15) is 11.8 Å². The lowest BCUT2D eigenvalue weighted by molar-refractivity contribution is -0.126. The van der Waals surface area contributed by atoms with Crippen LogP contribution in [0, 0.1) is 12.8 Å². The summed E-state index contributed by atoms with van der Waals surface area (Å²) in [5.74, 6) is 0.185. The molecule has 5 rings (SSSR count). The van der Waals surface area contributed by atoms with Crippen molar-refractivity contribution in [3.8, 4) is 5.75 Å². The molecule has 28 heavy (non-hydrogen) atoms. The topological polar surface area (TPSA) is 53.1 Å². The van der Waals surface area contributed by atoms with Crippen molar-refractivity contribution in [3.05, 3.63) is 59.7 Å². The van der Waals surface area contributed by atoms with E-state index in [1.807, 2.05) is 55.5 Å². The van der Waals surface area contributed by atoms with Gasteiger partial charge in [-0.25, -0.2) is 14.9 Å². The van der Waals surface area contributed by atoms with Gasteiger partial charge < -0.3 is 4.74 Å². The van der Waals surface area contributed by atoms with Crippen LogP contribution in [0.5, 0.6) is 5.75 Å². The van der Waals surface area contributed by atoms with Crippen LogP contribution in [0.1, 0.15) is 23.6 Å². The molecule has 6 heteroatoms. The number of hydrazine groups is 1. The van der Waals surface area contributed by atoms with E-state index >= 15 is 0 Å². The Kier molecular flexibility index (Phi) is 4.00. The summed E-state index contributed by atoms with van der Waals surface area (Å²) in [5.41, 5.74) is 2.81. The number of hydrogen-bond acceptors (Lipinski definition) is 5. The fourth-order valence-electron chi connectivity index (χ4n) is 4.86. The summed E-state index contributed by atoms with van der Waals surface area (Å²) in [6.07, 6.45) is 1.00. The van der Waals surface area contributed by atoms with E-state index < -0.39 is 6.04 Å². The lowest BCUT2D eigenvalue weighted by atomic mass is 9.90. The highest BCUT2D eigenvalue weighted by molar-refractivity contribution is 6.24. The lowest BCUT2D eigenvalue weighted by Gasteiger charge is -2.29. The van der Waals surface area contributed by atoms with Crippen LogP contribution >= 0.6 is 0 Å². The van der Waals surface area contributed by atoms with Crippen LogP contribution in [0.15, 0.2) is 48.5 Å². The van der Waals surface area contributed by atoms with E-state index in [9.17, 15) is 9.59 Å². The largest absolute Gasteiger partial charge is 0.497 e. The molecule has 3 aliphatic heterocycles. The van der Waals surface area contributed by atoms with Crippen LogP contribution in [-0.4, -0.2) is 48.1 Å². The number of fused-ring (bicyclic) bond motifs is 3. The highest BCUT2D eigenvalue weighted by Gasteiger charge is 2.62. The van der Waals surface area contributed by atoms with Crippen molar-refractivity contribution >= 4 is 17.5 Å². The molecular weight excluding hydrogens is 354 g/mol. The minimum absolute atomic E-state index is 0.103. The van der Waals surface area contributed by atoms with Crippen LogP contribution in [0.4, 0.5) is 5.69 Å². The third-order valence-corrected chi connectivity index (χ3v) is 6.16. The molecule has 2 aromatic carbocycles. The van der Waals surface area contributed by atoms with E-state index in [1.165, 1.54) is 4.90 Å². The summed E-state index contributed by atoms with van der Waals surface area (Å²) in [5, 5.41) is 4.34. The third kappa shape index (κ3) is 2.41.